The Morgan fingerprint density at radius 1 is 1.40 bits per heavy atom. The minimum absolute atomic E-state index is 0.163. The molecule has 0 aromatic carbocycles. The lowest BCUT2D eigenvalue weighted by Crippen LogP contribution is -2.34. The predicted octanol–water partition coefficient (Wildman–Crippen LogP) is 0.891. The topological polar surface area (TPSA) is 72.9 Å². The molecule has 3 heterocycles. The summed E-state index contributed by atoms with van der Waals surface area (Å²) in [5.41, 5.74) is 8.23. The Balaban J connectivity index is 1.81. The number of rotatable bonds is 3. The van der Waals surface area contributed by atoms with Crippen molar-refractivity contribution in [2.45, 2.75) is 39.4 Å². The lowest BCUT2D eigenvalue weighted by Gasteiger charge is -2.29. The molecule has 1 atom stereocenters. The number of nitrogens with zero attached hydrogens (tertiary/aromatic N) is 5. The van der Waals surface area contributed by atoms with Gasteiger partial charge in [0.25, 0.3) is 0 Å². The number of hydrogen-bond acceptors (Lipinski definition) is 5. The van der Waals surface area contributed by atoms with E-state index in [2.05, 4.69) is 37.6 Å². The maximum atomic E-state index is 5.84. The van der Waals surface area contributed by atoms with Crippen molar-refractivity contribution in [2.75, 3.05) is 11.4 Å². The summed E-state index contributed by atoms with van der Waals surface area (Å²) in [4.78, 5) is 6.88. The van der Waals surface area contributed by atoms with Crippen LogP contribution in [0.5, 0.6) is 0 Å². The quantitative estimate of drug-likeness (QED) is 0.898. The first-order valence-corrected chi connectivity index (χ1v) is 6.96. The molecule has 1 aliphatic heterocycles. The highest BCUT2D eigenvalue weighted by Crippen LogP contribution is 2.22. The monoisotopic (exact) mass is 272 g/mol. The Bertz CT molecular complexity index is 603. The molecule has 2 aromatic rings. The van der Waals surface area contributed by atoms with Crippen LogP contribution < -0.4 is 10.6 Å². The van der Waals surface area contributed by atoms with Crippen molar-refractivity contribution in [3.05, 3.63) is 35.5 Å². The van der Waals surface area contributed by atoms with Crippen LogP contribution in [0.2, 0.25) is 0 Å². The molecule has 0 spiro atoms. The number of hydrogen-bond donors (Lipinski definition) is 1. The SMILES string of the molecule is Cc1cc(CC(C)N)cnc1N1CCn2cnnc2C1. The van der Waals surface area contributed by atoms with E-state index >= 15 is 0 Å². The fraction of sp³-hybridized carbons (Fsp3) is 0.500. The number of aromatic nitrogens is 4. The average molecular weight is 272 g/mol. The average Bonchev–Trinajstić information content (AvgIpc) is 2.85. The van der Waals surface area contributed by atoms with Crippen molar-refractivity contribution >= 4 is 5.82 Å². The van der Waals surface area contributed by atoms with Gasteiger partial charge in [-0.1, -0.05) is 6.07 Å². The van der Waals surface area contributed by atoms with Gasteiger partial charge in [0.1, 0.15) is 12.1 Å². The fourth-order valence-corrected chi connectivity index (χ4v) is 2.69. The van der Waals surface area contributed by atoms with Gasteiger partial charge in [-0.15, -0.1) is 10.2 Å². The number of aryl methyl sites for hydroxylation is 1. The van der Waals surface area contributed by atoms with E-state index in [0.717, 1.165) is 37.7 Å². The van der Waals surface area contributed by atoms with Gasteiger partial charge in [0.15, 0.2) is 5.82 Å². The van der Waals surface area contributed by atoms with Gasteiger partial charge in [-0.2, -0.15) is 0 Å². The van der Waals surface area contributed by atoms with Crippen LogP contribution in [0.4, 0.5) is 5.82 Å². The Morgan fingerprint density at radius 3 is 3.00 bits per heavy atom. The summed E-state index contributed by atoms with van der Waals surface area (Å²) in [6.45, 7) is 6.73. The third kappa shape index (κ3) is 2.51. The summed E-state index contributed by atoms with van der Waals surface area (Å²) < 4.78 is 2.09. The summed E-state index contributed by atoms with van der Waals surface area (Å²) in [7, 11) is 0. The second kappa shape index (κ2) is 5.20. The van der Waals surface area contributed by atoms with Gasteiger partial charge in [-0.25, -0.2) is 4.98 Å². The van der Waals surface area contributed by atoms with Crippen molar-refractivity contribution in [2.24, 2.45) is 5.73 Å². The third-order valence-corrected chi connectivity index (χ3v) is 3.60. The van der Waals surface area contributed by atoms with Gasteiger partial charge in [0, 0.05) is 25.3 Å². The minimum Gasteiger partial charge on any atom is -0.347 e. The van der Waals surface area contributed by atoms with Crippen LogP contribution in [0.25, 0.3) is 0 Å². The molecule has 0 aliphatic carbocycles. The molecule has 106 valence electrons. The summed E-state index contributed by atoms with van der Waals surface area (Å²) in [6, 6.07) is 2.35. The number of nitrogens with two attached hydrogens (primary N) is 1. The molecule has 2 aromatic heterocycles. The van der Waals surface area contributed by atoms with Crippen LogP contribution >= 0.6 is 0 Å². The van der Waals surface area contributed by atoms with Crippen molar-refractivity contribution in [1.29, 1.82) is 0 Å². The van der Waals surface area contributed by atoms with Crippen molar-refractivity contribution in [3.63, 3.8) is 0 Å². The van der Waals surface area contributed by atoms with E-state index in [-0.39, 0.29) is 6.04 Å². The highest BCUT2D eigenvalue weighted by molar-refractivity contribution is 5.48. The molecule has 6 nitrogen and oxygen atoms in total. The zero-order valence-corrected chi connectivity index (χ0v) is 12.0. The second-order valence-electron chi connectivity index (χ2n) is 5.53. The van der Waals surface area contributed by atoms with Crippen LogP contribution in [0, 0.1) is 6.92 Å². The highest BCUT2D eigenvalue weighted by atomic mass is 15.3. The molecule has 0 bridgehead atoms. The molecule has 2 N–H and O–H groups in total. The molecule has 0 saturated heterocycles. The first kappa shape index (κ1) is 13.1. The molecule has 0 amide bonds. The van der Waals surface area contributed by atoms with E-state index in [9.17, 15) is 0 Å². The normalized spacial score (nSPS) is 16.1. The Hall–Kier alpha value is -1.95. The van der Waals surface area contributed by atoms with Gasteiger partial charge < -0.3 is 15.2 Å². The lowest BCUT2D eigenvalue weighted by atomic mass is 10.1. The fourth-order valence-electron chi connectivity index (χ4n) is 2.69. The van der Waals surface area contributed by atoms with Gasteiger partial charge in [0.05, 0.1) is 6.54 Å². The molecule has 3 rings (SSSR count). The smallest absolute Gasteiger partial charge is 0.152 e. The highest BCUT2D eigenvalue weighted by Gasteiger charge is 2.20. The zero-order valence-electron chi connectivity index (χ0n) is 12.0. The first-order valence-electron chi connectivity index (χ1n) is 6.96. The van der Waals surface area contributed by atoms with Crippen molar-refractivity contribution < 1.29 is 0 Å². The van der Waals surface area contributed by atoms with Gasteiger partial charge >= 0.3 is 0 Å². The molecule has 0 saturated carbocycles. The molecule has 0 fully saturated rings. The van der Waals surface area contributed by atoms with E-state index in [1.165, 1.54) is 11.1 Å². The van der Waals surface area contributed by atoms with Crippen molar-refractivity contribution in [1.82, 2.24) is 19.7 Å². The molecule has 6 heteroatoms. The van der Waals surface area contributed by atoms with E-state index in [0.29, 0.717) is 0 Å². The van der Waals surface area contributed by atoms with Crippen LogP contribution in [-0.2, 0) is 19.5 Å². The maximum Gasteiger partial charge on any atom is 0.152 e. The van der Waals surface area contributed by atoms with Crippen LogP contribution in [0.1, 0.15) is 23.9 Å². The largest absolute Gasteiger partial charge is 0.347 e. The van der Waals surface area contributed by atoms with E-state index in [1.807, 2.05) is 13.1 Å². The molecular weight excluding hydrogens is 252 g/mol. The maximum absolute atomic E-state index is 5.84. The zero-order chi connectivity index (χ0) is 14.1. The van der Waals surface area contributed by atoms with E-state index in [1.54, 1.807) is 6.33 Å². The van der Waals surface area contributed by atoms with Gasteiger partial charge in [-0.3, -0.25) is 0 Å². The summed E-state index contributed by atoms with van der Waals surface area (Å²) in [5.74, 6) is 2.03. The second-order valence-corrected chi connectivity index (χ2v) is 5.53. The van der Waals surface area contributed by atoms with Crippen LogP contribution in [0.15, 0.2) is 18.6 Å². The Labute approximate surface area is 118 Å². The third-order valence-electron chi connectivity index (χ3n) is 3.60. The number of fused-ring (bicyclic) bond motifs is 1. The molecule has 20 heavy (non-hydrogen) atoms. The summed E-state index contributed by atoms with van der Waals surface area (Å²) in [6.07, 6.45) is 4.59. The van der Waals surface area contributed by atoms with Crippen LogP contribution in [0.3, 0.4) is 0 Å². The molecule has 0 radical (unpaired) electrons. The summed E-state index contributed by atoms with van der Waals surface area (Å²) in [5, 5.41) is 8.10. The molecule has 1 unspecified atom stereocenters. The summed E-state index contributed by atoms with van der Waals surface area (Å²) >= 11 is 0. The van der Waals surface area contributed by atoms with Crippen LogP contribution in [-0.4, -0.2) is 32.3 Å². The minimum atomic E-state index is 0.163. The molecule has 1 aliphatic rings. The first-order chi connectivity index (χ1) is 9.63. The Morgan fingerprint density at radius 2 is 2.25 bits per heavy atom. The van der Waals surface area contributed by atoms with Gasteiger partial charge in [0.2, 0.25) is 0 Å². The predicted molar refractivity (Wildman–Crippen MR) is 77.4 cm³/mol. The van der Waals surface area contributed by atoms with Crippen molar-refractivity contribution in [3.8, 4) is 0 Å². The Kier molecular flexibility index (Phi) is 3.40. The van der Waals surface area contributed by atoms with Gasteiger partial charge in [-0.05, 0) is 31.4 Å². The molecular formula is C14H20N6. The standard InChI is InChI=1S/C14H20N6/c1-10-5-12(6-11(2)15)7-16-14(10)19-3-4-20-9-17-18-13(20)8-19/h5,7,9,11H,3-4,6,8,15H2,1-2H3. The lowest BCUT2D eigenvalue weighted by molar-refractivity contribution is 0.555. The van der Waals surface area contributed by atoms with E-state index < -0.39 is 0 Å². The van der Waals surface area contributed by atoms with E-state index in [4.69, 9.17) is 5.73 Å². The number of anilines is 1. The number of pyridine rings is 1.